The van der Waals surface area contributed by atoms with Crippen LogP contribution in [0.1, 0.15) is 6.42 Å². The Balaban J connectivity index is 3.83. The Kier molecular flexibility index (Phi) is 3.37. The molecule has 0 aliphatic heterocycles. The van der Waals surface area contributed by atoms with E-state index in [1.165, 1.54) is 0 Å². The van der Waals surface area contributed by atoms with E-state index >= 15 is 0 Å². The predicted octanol–water partition coefficient (Wildman–Crippen LogP) is -2.22. The molecule has 0 saturated carbocycles. The van der Waals surface area contributed by atoms with Gasteiger partial charge in [0.1, 0.15) is 6.04 Å². The van der Waals surface area contributed by atoms with Gasteiger partial charge in [-0.3, -0.25) is 15.4 Å². The summed E-state index contributed by atoms with van der Waals surface area (Å²) in [6.07, 6.45) is -0.397. The third-order valence-electron chi connectivity index (χ3n) is 0.923. The number of carbonyl (C=O) groups is 2. The number of hydrogen-bond acceptors (Lipinski definition) is 4. The topological polar surface area (TPSA) is 118 Å². The van der Waals surface area contributed by atoms with E-state index in [0.717, 1.165) is 0 Å². The second-order valence-corrected chi connectivity index (χ2v) is 1.72. The van der Waals surface area contributed by atoms with Crippen molar-refractivity contribution in [2.75, 3.05) is 0 Å². The van der Waals surface area contributed by atoms with Gasteiger partial charge in [-0.15, -0.1) is 0 Å². The molecule has 1 atom stereocenters. The molecule has 0 rings (SSSR count). The summed E-state index contributed by atoms with van der Waals surface area (Å²) in [5.41, 5.74) is 6.73. The van der Waals surface area contributed by atoms with Crippen LogP contribution in [0.4, 0.5) is 0 Å². The number of hydrogen-bond donors (Lipinski definition) is 4. The lowest BCUT2D eigenvalue weighted by Gasteiger charge is -2.07. The Morgan fingerprint density at radius 3 is 2.20 bits per heavy atom. The van der Waals surface area contributed by atoms with Crippen LogP contribution >= 0.6 is 0 Å². The largest absolute Gasteiger partial charge is 0.481 e. The summed E-state index contributed by atoms with van der Waals surface area (Å²) in [5, 5.41) is 8.16. The number of carbonyl (C=O) groups excluding carboxylic acids is 1. The Labute approximate surface area is 57.2 Å². The quantitative estimate of drug-likeness (QED) is 0.265. The van der Waals surface area contributed by atoms with E-state index in [0.29, 0.717) is 0 Å². The lowest BCUT2D eigenvalue weighted by Crippen LogP contribution is -2.46. The van der Waals surface area contributed by atoms with E-state index in [-0.39, 0.29) is 0 Å². The minimum absolute atomic E-state index is 0.397. The SMILES string of the molecule is NNC(CC(=O)O)C(N)=O. The minimum Gasteiger partial charge on any atom is -0.481 e. The van der Waals surface area contributed by atoms with Crippen LogP contribution < -0.4 is 17.0 Å². The Bertz CT molecular complexity index is 147. The highest BCUT2D eigenvalue weighted by molar-refractivity contribution is 5.84. The van der Waals surface area contributed by atoms with Crippen LogP contribution in [0.2, 0.25) is 0 Å². The zero-order chi connectivity index (χ0) is 8.15. The van der Waals surface area contributed by atoms with Gasteiger partial charge < -0.3 is 10.8 Å². The molecule has 0 aromatic heterocycles. The first-order valence-corrected chi connectivity index (χ1v) is 2.55. The fourth-order valence-electron chi connectivity index (χ4n) is 0.416. The Hall–Kier alpha value is -1.14. The van der Waals surface area contributed by atoms with Crippen molar-refractivity contribution in [3.63, 3.8) is 0 Å². The molecule has 0 fully saturated rings. The first-order valence-electron chi connectivity index (χ1n) is 2.55. The molecule has 0 aliphatic rings. The summed E-state index contributed by atoms with van der Waals surface area (Å²) in [6, 6.07) is -0.988. The van der Waals surface area contributed by atoms with Crippen molar-refractivity contribution < 1.29 is 14.7 Å². The predicted molar refractivity (Wildman–Crippen MR) is 32.6 cm³/mol. The van der Waals surface area contributed by atoms with Crippen LogP contribution in [0.25, 0.3) is 0 Å². The molecule has 0 bridgehead atoms. The number of hydrazine groups is 1. The second kappa shape index (κ2) is 3.80. The van der Waals surface area contributed by atoms with Gasteiger partial charge in [-0.25, -0.2) is 5.43 Å². The summed E-state index contributed by atoms with van der Waals surface area (Å²) in [6.45, 7) is 0. The van der Waals surface area contributed by atoms with E-state index in [9.17, 15) is 9.59 Å². The average molecular weight is 147 g/mol. The Morgan fingerprint density at radius 1 is 1.60 bits per heavy atom. The molecule has 6 heteroatoms. The fraction of sp³-hybridized carbons (Fsp3) is 0.500. The van der Waals surface area contributed by atoms with Crippen LogP contribution in [0.15, 0.2) is 0 Å². The molecule has 0 aromatic carbocycles. The third kappa shape index (κ3) is 3.00. The molecule has 0 saturated heterocycles. The van der Waals surface area contributed by atoms with Gasteiger partial charge in [0.25, 0.3) is 0 Å². The zero-order valence-corrected chi connectivity index (χ0v) is 5.20. The molecule has 10 heavy (non-hydrogen) atoms. The van der Waals surface area contributed by atoms with Crippen LogP contribution in [0.3, 0.4) is 0 Å². The molecule has 0 aromatic rings. The standard InChI is InChI=1S/C4H9N3O3/c5-4(10)2(7-6)1-3(8)9/h2,7H,1,6H2,(H2,5,10)(H,8,9). The van der Waals surface area contributed by atoms with E-state index in [2.05, 4.69) is 0 Å². The summed E-state index contributed by atoms with van der Waals surface area (Å²) in [5.74, 6) is 2.91. The fourth-order valence-corrected chi connectivity index (χ4v) is 0.416. The smallest absolute Gasteiger partial charge is 0.305 e. The zero-order valence-electron chi connectivity index (χ0n) is 5.20. The first-order chi connectivity index (χ1) is 4.57. The molecule has 1 amide bonds. The van der Waals surface area contributed by atoms with Crippen molar-refractivity contribution in [1.29, 1.82) is 0 Å². The maximum atomic E-state index is 10.3. The number of rotatable bonds is 4. The molecule has 6 nitrogen and oxygen atoms in total. The lowest BCUT2D eigenvalue weighted by molar-refractivity contribution is -0.139. The highest BCUT2D eigenvalue weighted by Crippen LogP contribution is 1.87. The van der Waals surface area contributed by atoms with E-state index < -0.39 is 24.3 Å². The summed E-state index contributed by atoms with van der Waals surface area (Å²) in [7, 11) is 0. The van der Waals surface area contributed by atoms with Gasteiger partial charge in [0.2, 0.25) is 5.91 Å². The monoisotopic (exact) mass is 147 g/mol. The van der Waals surface area contributed by atoms with Gasteiger partial charge in [-0.2, -0.15) is 0 Å². The van der Waals surface area contributed by atoms with Gasteiger partial charge in [0, 0.05) is 0 Å². The molecular formula is C4H9N3O3. The Morgan fingerprint density at radius 2 is 2.10 bits per heavy atom. The second-order valence-electron chi connectivity index (χ2n) is 1.72. The van der Waals surface area contributed by atoms with Crippen molar-refractivity contribution in [1.82, 2.24) is 5.43 Å². The molecule has 0 radical (unpaired) electrons. The number of carboxylic acid groups (broad SMARTS) is 1. The summed E-state index contributed by atoms with van der Waals surface area (Å²) in [4.78, 5) is 20.3. The number of carboxylic acids is 1. The maximum absolute atomic E-state index is 10.3. The molecule has 6 N–H and O–H groups in total. The molecular weight excluding hydrogens is 138 g/mol. The van der Waals surface area contributed by atoms with Crippen molar-refractivity contribution in [2.24, 2.45) is 11.6 Å². The van der Waals surface area contributed by atoms with Crippen molar-refractivity contribution in [2.45, 2.75) is 12.5 Å². The number of primary amides is 1. The molecule has 0 heterocycles. The van der Waals surface area contributed by atoms with Crippen LogP contribution in [0.5, 0.6) is 0 Å². The van der Waals surface area contributed by atoms with Gasteiger partial charge >= 0.3 is 5.97 Å². The van der Waals surface area contributed by atoms with Crippen LogP contribution in [-0.4, -0.2) is 23.0 Å². The lowest BCUT2D eigenvalue weighted by atomic mass is 10.2. The molecule has 1 unspecified atom stereocenters. The van der Waals surface area contributed by atoms with Gasteiger partial charge in [0.05, 0.1) is 6.42 Å². The maximum Gasteiger partial charge on any atom is 0.305 e. The van der Waals surface area contributed by atoms with Gasteiger partial charge in [0.15, 0.2) is 0 Å². The van der Waals surface area contributed by atoms with Gasteiger partial charge in [-0.05, 0) is 0 Å². The highest BCUT2D eigenvalue weighted by atomic mass is 16.4. The number of nitrogens with two attached hydrogens (primary N) is 2. The van der Waals surface area contributed by atoms with E-state index in [1.54, 1.807) is 0 Å². The molecule has 58 valence electrons. The third-order valence-corrected chi connectivity index (χ3v) is 0.923. The number of nitrogens with one attached hydrogen (secondary N) is 1. The van der Waals surface area contributed by atoms with Crippen LogP contribution in [-0.2, 0) is 9.59 Å². The molecule has 0 spiro atoms. The van der Waals surface area contributed by atoms with Gasteiger partial charge in [-0.1, -0.05) is 0 Å². The normalized spacial score (nSPS) is 12.5. The minimum atomic E-state index is -1.12. The van der Waals surface area contributed by atoms with E-state index in [1.807, 2.05) is 5.43 Å². The number of aliphatic carboxylic acids is 1. The summed E-state index contributed by atoms with van der Waals surface area (Å²) >= 11 is 0. The highest BCUT2D eigenvalue weighted by Gasteiger charge is 2.16. The molecule has 0 aliphatic carbocycles. The van der Waals surface area contributed by atoms with Crippen molar-refractivity contribution in [3.05, 3.63) is 0 Å². The first kappa shape index (κ1) is 8.86. The van der Waals surface area contributed by atoms with E-state index in [4.69, 9.17) is 16.7 Å². The number of amides is 1. The van der Waals surface area contributed by atoms with Crippen LogP contribution in [0, 0.1) is 0 Å². The van der Waals surface area contributed by atoms with Crippen molar-refractivity contribution >= 4 is 11.9 Å². The average Bonchev–Trinajstić information content (AvgIpc) is 1.81. The summed E-state index contributed by atoms with van der Waals surface area (Å²) < 4.78 is 0. The van der Waals surface area contributed by atoms with Crippen molar-refractivity contribution in [3.8, 4) is 0 Å².